The summed E-state index contributed by atoms with van der Waals surface area (Å²) in [5, 5.41) is 4.44. The van der Waals surface area contributed by atoms with Crippen LogP contribution in [0.25, 0.3) is 0 Å². The third-order valence-electron chi connectivity index (χ3n) is 5.02. The van der Waals surface area contributed by atoms with Crippen molar-refractivity contribution in [3.8, 4) is 5.75 Å². The van der Waals surface area contributed by atoms with E-state index < -0.39 is 6.04 Å². The maximum Gasteiger partial charge on any atom is 0.242 e. The Bertz CT molecular complexity index is 920. The highest BCUT2D eigenvalue weighted by Gasteiger charge is 2.28. The zero-order chi connectivity index (χ0) is 24.4. The first-order valence-electron chi connectivity index (χ1n) is 11.1. The standard InChI is InChI=1S/C25H31Cl3N2O3/c1-4-23(25(32)29-15-17(2)3)30(16-18-7-12-21(27)22(28)14-18)24(31)6-5-13-33-20-10-8-19(26)9-11-20/h7-12,14,17,23H,4-6,13,15-16H2,1-3H3,(H,29,32)/t23-/m1/s1. The van der Waals surface area contributed by atoms with Crippen LogP contribution in [0, 0.1) is 5.92 Å². The quantitative estimate of drug-likeness (QED) is 0.335. The van der Waals surface area contributed by atoms with E-state index in [2.05, 4.69) is 5.32 Å². The van der Waals surface area contributed by atoms with Crippen LogP contribution in [0.1, 0.15) is 45.6 Å². The Labute approximate surface area is 211 Å². The van der Waals surface area contributed by atoms with Crippen LogP contribution in [0.3, 0.4) is 0 Å². The Morgan fingerprint density at radius 3 is 2.33 bits per heavy atom. The number of benzene rings is 2. The summed E-state index contributed by atoms with van der Waals surface area (Å²) in [4.78, 5) is 27.7. The summed E-state index contributed by atoms with van der Waals surface area (Å²) >= 11 is 18.1. The minimum atomic E-state index is -0.581. The van der Waals surface area contributed by atoms with Gasteiger partial charge in [0.25, 0.3) is 0 Å². The van der Waals surface area contributed by atoms with Crippen molar-refractivity contribution in [2.45, 2.75) is 52.6 Å². The van der Waals surface area contributed by atoms with Gasteiger partial charge in [-0.25, -0.2) is 0 Å². The fourth-order valence-electron chi connectivity index (χ4n) is 3.26. The smallest absolute Gasteiger partial charge is 0.242 e. The molecule has 0 saturated carbocycles. The van der Waals surface area contributed by atoms with Crippen LogP contribution < -0.4 is 10.1 Å². The second-order valence-electron chi connectivity index (χ2n) is 8.24. The summed E-state index contributed by atoms with van der Waals surface area (Å²) in [5.41, 5.74) is 0.810. The van der Waals surface area contributed by atoms with Crippen molar-refractivity contribution >= 4 is 46.6 Å². The van der Waals surface area contributed by atoms with Crippen molar-refractivity contribution < 1.29 is 14.3 Å². The fraction of sp³-hybridized carbons (Fsp3) is 0.440. The molecule has 2 aromatic carbocycles. The Hall–Kier alpha value is -1.95. The summed E-state index contributed by atoms with van der Waals surface area (Å²) in [7, 11) is 0. The number of amides is 2. The highest BCUT2D eigenvalue weighted by molar-refractivity contribution is 6.42. The SMILES string of the molecule is CC[C@H](C(=O)NCC(C)C)N(Cc1ccc(Cl)c(Cl)c1)C(=O)CCCOc1ccc(Cl)cc1. The first kappa shape index (κ1) is 27.3. The van der Waals surface area contributed by atoms with Gasteiger partial charge in [-0.15, -0.1) is 0 Å². The van der Waals surface area contributed by atoms with E-state index in [1.165, 1.54) is 0 Å². The van der Waals surface area contributed by atoms with Gasteiger partial charge < -0.3 is 15.0 Å². The van der Waals surface area contributed by atoms with Gasteiger partial charge in [-0.3, -0.25) is 9.59 Å². The summed E-state index contributed by atoms with van der Waals surface area (Å²) in [6.45, 7) is 7.16. The van der Waals surface area contributed by atoms with E-state index in [9.17, 15) is 9.59 Å². The number of carbonyl (C=O) groups is 2. The number of hydrogen-bond donors (Lipinski definition) is 1. The molecular weight excluding hydrogens is 483 g/mol. The molecule has 0 spiro atoms. The molecule has 0 heterocycles. The molecule has 0 aliphatic rings. The second kappa shape index (κ2) is 13.7. The maximum atomic E-state index is 13.2. The van der Waals surface area contributed by atoms with Crippen molar-refractivity contribution in [1.82, 2.24) is 10.2 Å². The predicted molar refractivity (Wildman–Crippen MR) is 135 cm³/mol. The lowest BCUT2D eigenvalue weighted by atomic mass is 10.1. The first-order chi connectivity index (χ1) is 15.7. The summed E-state index contributed by atoms with van der Waals surface area (Å²) in [6, 6.07) is 11.7. The molecule has 2 rings (SSSR count). The molecule has 1 atom stereocenters. The molecule has 33 heavy (non-hydrogen) atoms. The molecule has 0 radical (unpaired) electrons. The van der Waals surface area contributed by atoms with Crippen molar-refractivity contribution in [2.24, 2.45) is 5.92 Å². The van der Waals surface area contributed by atoms with Crippen LogP contribution in [0.2, 0.25) is 15.1 Å². The van der Waals surface area contributed by atoms with E-state index in [4.69, 9.17) is 39.5 Å². The summed E-state index contributed by atoms with van der Waals surface area (Å²) in [6.07, 6.45) is 1.27. The van der Waals surface area contributed by atoms with Crippen LogP contribution in [0.5, 0.6) is 5.75 Å². The van der Waals surface area contributed by atoms with Crippen molar-refractivity contribution in [2.75, 3.05) is 13.2 Å². The van der Waals surface area contributed by atoms with E-state index in [0.717, 1.165) is 5.56 Å². The van der Waals surface area contributed by atoms with Gasteiger partial charge in [0.15, 0.2) is 0 Å². The third-order valence-corrected chi connectivity index (χ3v) is 6.02. The molecule has 0 aliphatic heterocycles. The predicted octanol–water partition coefficient (Wildman–Crippen LogP) is 6.39. The lowest BCUT2D eigenvalue weighted by Gasteiger charge is -2.31. The summed E-state index contributed by atoms with van der Waals surface area (Å²) < 4.78 is 5.70. The van der Waals surface area contributed by atoms with E-state index in [0.29, 0.717) is 52.7 Å². The molecule has 0 aromatic heterocycles. The van der Waals surface area contributed by atoms with Gasteiger partial charge in [0.1, 0.15) is 11.8 Å². The normalized spacial score (nSPS) is 11.8. The molecule has 180 valence electrons. The molecule has 1 N–H and O–H groups in total. The molecule has 0 saturated heterocycles. The molecule has 0 aliphatic carbocycles. The number of rotatable bonds is 12. The topological polar surface area (TPSA) is 58.6 Å². The number of ether oxygens (including phenoxy) is 1. The average Bonchev–Trinajstić information content (AvgIpc) is 2.78. The first-order valence-corrected chi connectivity index (χ1v) is 12.2. The highest BCUT2D eigenvalue weighted by Crippen LogP contribution is 2.24. The lowest BCUT2D eigenvalue weighted by molar-refractivity contribution is -0.141. The Morgan fingerprint density at radius 2 is 1.73 bits per heavy atom. The molecule has 0 bridgehead atoms. The Kier molecular flexibility index (Phi) is 11.3. The van der Waals surface area contributed by atoms with Gasteiger partial charge in [-0.05, 0) is 60.7 Å². The van der Waals surface area contributed by atoms with Crippen LogP contribution in [-0.2, 0) is 16.1 Å². The second-order valence-corrected chi connectivity index (χ2v) is 9.49. The average molecular weight is 514 g/mol. The minimum absolute atomic E-state index is 0.118. The monoisotopic (exact) mass is 512 g/mol. The van der Waals surface area contributed by atoms with Gasteiger partial charge in [0.2, 0.25) is 11.8 Å². The van der Waals surface area contributed by atoms with E-state index >= 15 is 0 Å². The van der Waals surface area contributed by atoms with Gasteiger partial charge in [0.05, 0.1) is 16.7 Å². The molecule has 0 fully saturated rings. The van der Waals surface area contributed by atoms with Gasteiger partial charge in [0, 0.05) is 24.5 Å². The minimum Gasteiger partial charge on any atom is -0.494 e. The van der Waals surface area contributed by atoms with Crippen molar-refractivity contribution in [3.05, 3.63) is 63.1 Å². The van der Waals surface area contributed by atoms with E-state index in [1.54, 1.807) is 41.3 Å². The Balaban J connectivity index is 2.08. The van der Waals surface area contributed by atoms with Crippen LogP contribution in [0.15, 0.2) is 42.5 Å². The van der Waals surface area contributed by atoms with Gasteiger partial charge in [-0.1, -0.05) is 61.6 Å². The molecule has 8 heteroatoms. The van der Waals surface area contributed by atoms with Crippen molar-refractivity contribution in [3.63, 3.8) is 0 Å². The number of carbonyl (C=O) groups excluding carboxylic acids is 2. The van der Waals surface area contributed by atoms with E-state index in [-0.39, 0.29) is 24.8 Å². The molecular formula is C25H31Cl3N2O3. The zero-order valence-corrected chi connectivity index (χ0v) is 21.5. The molecule has 2 amide bonds. The number of hydrogen-bond acceptors (Lipinski definition) is 3. The Morgan fingerprint density at radius 1 is 1.03 bits per heavy atom. The lowest BCUT2D eigenvalue weighted by Crippen LogP contribution is -2.49. The van der Waals surface area contributed by atoms with Gasteiger partial charge >= 0.3 is 0 Å². The largest absolute Gasteiger partial charge is 0.494 e. The van der Waals surface area contributed by atoms with Crippen LogP contribution in [-0.4, -0.2) is 35.9 Å². The zero-order valence-electron chi connectivity index (χ0n) is 19.2. The number of nitrogens with one attached hydrogen (secondary N) is 1. The molecule has 2 aromatic rings. The number of halogens is 3. The highest BCUT2D eigenvalue weighted by atomic mass is 35.5. The van der Waals surface area contributed by atoms with Crippen molar-refractivity contribution in [1.29, 1.82) is 0 Å². The van der Waals surface area contributed by atoms with E-state index in [1.807, 2.05) is 26.8 Å². The maximum absolute atomic E-state index is 13.2. The van der Waals surface area contributed by atoms with Crippen LogP contribution in [0.4, 0.5) is 0 Å². The molecule has 5 nitrogen and oxygen atoms in total. The van der Waals surface area contributed by atoms with Gasteiger partial charge in [-0.2, -0.15) is 0 Å². The molecule has 0 unspecified atom stereocenters. The number of nitrogens with zero attached hydrogens (tertiary/aromatic N) is 1. The third kappa shape index (κ3) is 9.07. The fourth-order valence-corrected chi connectivity index (χ4v) is 3.71. The van der Waals surface area contributed by atoms with Crippen LogP contribution >= 0.6 is 34.8 Å². The summed E-state index contributed by atoms with van der Waals surface area (Å²) in [5.74, 6) is 0.735.